The number of aryl methyl sites for hydroxylation is 4. The first kappa shape index (κ1) is 16.9. The van der Waals surface area contributed by atoms with E-state index in [1.54, 1.807) is 0 Å². The van der Waals surface area contributed by atoms with Gasteiger partial charge in [0.15, 0.2) is 12.4 Å². The molecule has 0 aliphatic rings. The van der Waals surface area contributed by atoms with Crippen molar-refractivity contribution in [3.63, 3.8) is 0 Å². The lowest BCUT2D eigenvalue weighted by molar-refractivity contribution is -0.123. The number of nitrogens with one attached hydrogen (secondary N) is 1. The van der Waals surface area contributed by atoms with E-state index < -0.39 is 0 Å². The van der Waals surface area contributed by atoms with Crippen LogP contribution in [0.15, 0.2) is 24.3 Å². The molecule has 0 radical (unpaired) electrons. The van der Waals surface area contributed by atoms with E-state index in [1.165, 1.54) is 0 Å². The number of carbonyl (C=O) groups is 1. The molecule has 2 aromatic heterocycles. The van der Waals surface area contributed by atoms with Crippen LogP contribution in [0.2, 0.25) is 0 Å². The van der Waals surface area contributed by atoms with Crippen LogP contribution in [0.3, 0.4) is 0 Å². The number of nitrogens with zero attached hydrogens (tertiary/aromatic N) is 4. The summed E-state index contributed by atoms with van der Waals surface area (Å²) in [5, 5.41) is 11.0. The third-order valence-corrected chi connectivity index (χ3v) is 3.91. The lowest BCUT2D eigenvalue weighted by atomic mass is 10.1. The fourth-order valence-corrected chi connectivity index (χ4v) is 2.65. The molecule has 1 aromatic carbocycles. The van der Waals surface area contributed by atoms with Gasteiger partial charge in [-0.2, -0.15) is 0 Å². The summed E-state index contributed by atoms with van der Waals surface area (Å²) in [6.45, 7) is 8.03. The van der Waals surface area contributed by atoms with Crippen molar-refractivity contribution < 1.29 is 9.53 Å². The molecule has 25 heavy (non-hydrogen) atoms. The second kappa shape index (κ2) is 6.88. The maximum Gasteiger partial charge on any atom is 0.258 e. The number of fused-ring (bicyclic) bond motifs is 1. The molecule has 7 nitrogen and oxygen atoms in total. The van der Waals surface area contributed by atoms with E-state index in [9.17, 15) is 4.79 Å². The maximum absolute atomic E-state index is 12.1. The Balaban J connectivity index is 1.62. The van der Waals surface area contributed by atoms with Crippen LogP contribution in [0.1, 0.15) is 28.3 Å². The summed E-state index contributed by atoms with van der Waals surface area (Å²) in [4.78, 5) is 16.4. The second-order valence-corrected chi connectivity index (χ2v) is 6.12. The van der Waals surface area contributed by atoms with Crippen molar-refractivity contribution >= 4 is 11.7 Å². The van der Waals surface area contributed by atoms with Crippen molar-refractivity contribution in [1.29, 1.82) is 0 Å². The van der Waals surface area contributed by atoms with Crippen molar-refractivity contribution in [3.8, 4) is 5.75 Å². The quantitative estimate of drug-likeness (QED) is 0.769. The van der Waals surface area contributed by atoms with Crippen molar-refractivity contribution in [1.82, 2.24) is 24.9 Å². The molecule has 0 fully saturated rings. The fourth-order valence-electron chi connectivity index (χ4n) is 2.65. The van der Waals surface area contributed by atoms with Gasteiger partial charge in [-0.05, 0) is 51.0 Å². The Morgan fingerprint density at radius 3 is 2.76 bits per heavy atom. The van der Waals surface area contributed by atoms with Crippen LogP contribution in [-0.4, -0.2) is 32.1 Å². The summed E-state index contributed by atoms with van der Waals surface area (Å²) in [6, 6.07) is 7.86. The largest absolute Gasteiger partial charge is 0.483 e. The van der Waals surface area contributed by atoms with Gasteiger partial charge in [0.2, 0.25) is 0 Å². The van der Waals surface area contributed by atoms with E-state index in [0.29, 0.717) is 11.6 Å². The number of hydrogen-bond acceptors (Lipinski definition) is 5. The van der Waals surface area contributed by atoms with Crippen molar-refractivity contribution in [2.45, 2.75) is 34.2 Å². The van der Waals surface area contributed by atoms with Gasteiger partial charge in [0.05, 0.1) is 6.54 Å². The molecule has 3 rings (SSSR count). The average Bonchev–Trinajstić information content (AvgIpc) is 2.97. The zero-order chi connectivity index (χ0) is 18.0. The molecule has 0 atom stereocenters. The summed E-state index contributed by atoms with van der Waals surface area (Å²) in [6.07, 6.45) is 0. The summed E-state index contributed by atoms with van der Waals surface area (Å²) in [5.41, 5.74) is 3.95. The van der Waals surface area contributed by atoms with Crippen molar-refractivity contribution in [2.75, 3.05) is 6.61 Å². The fraction of sp³-hybridized carbons (Fsp3) is 0.333. The SMILES string of the molecule is Cc1ccc(C)c(OCC(=O)NCc2nnc3nc(C)cc(C)n23)c1. The number of amides is 1. The van der Waals surface area contributed by atoms with Gasteiger partial charge in [-0.15, -0.1) is 10.2 Å². The Bertz CT molecular complexity index is 933. The monoisotopic (exact) mass is 339 g/mol. The molecule has 1 amide bonds. The van der Waals surface area contributed by atoms with Gasteiger partial charge >= 0.3 is 0 Å². The predicted molar refractivity (Wildman–Crippen MR) is 93.5 cm³/mol. The van der Waals surface area contributed by atoms with E-state index in [1.807, 2.05) is 56.4 Å². The molecule has 0 aliphatic carbocycles. The standard InChI is InChI=1S/C18H21N5O2/c1-11-5-6-12(2)15(7-11)25-10-17(24)19-9-16-21-22-18-20-13(3)8-14(4)23(16)18/h5-8H,9-10H2,1-4H3,(H,19,24). The van der Waals surface area contributed by atoms with Crippen LogP contribution in [0.25, 0.3) is 5.78 Å². The Morgan fingerprint density at radius 1 is 1.16 bits per heavy atom. The van der Waals surface area contributed by atoms with E-state index in [0.717, 1.165) is 28.3 Å². The van der Waals surface area contributed by atoms with E-state index in [4.69, 9.17) is 4.74 Å². The number of hydrogen-bond donors (Lipinski definition) is 1. The number of benzene rings is 1. The predicted octanol–water partition coefficient (Wildman–Crippen LogP) is 2.05. The Labute approximate surface area is 146 Å². The first-order valence-corrected chi connectivity index (χ1v) is 8.09. The van der Waals surface area contributed by atoms with Gasteiger partial charge in [-0.3, -0.25) is 9.20 Å². The highest BCUT2D eigenvalue weighted by molar-refractivity contribution is 5.77. The third kappa shape index (κ3) is 3.76. The van der Waals surface area contributed by atoms with Crippen LogP contribution in [0.5, 0.6) is 5.75 Å². The summed E-state index contributed by atoms with van der Waals surface area (Å²) >= 11 is 0. The third-order valence-electron chi connectivity index (χ3n) is 3.91. The first-order valence-electron chi connectivity index (χ1n) is 8.09. The lowest BCUT2D eigenvalue weighted by Gasteiger charge is -2.10. The molecular weight excluding hydrogens is 318 g/mol. The normalized spacial score (nSPS) is 10.9. The molecule has 7 heteroatoms. The number of carbonyl (C=O) groups excluding carboxylic acids is 1. The maximum atomic E-state index is 12.1. The molecule has 130 valence electrons. The number of ether oxygens (including phenoxy) is 1. The summed E-state index contributed by atoms with van der Waals surface area (Å²) < 4.78 is 7.44. The first-order chi connectivity index (χ1) is 11.9. The highest BCUT2D eigenvalue weighted by atomic mass is 16.5. The van der Waals surface area contributed by atoms with Crippen LogP contribution >= 0.6 is 0 Å². The highest BCUT2D eigenvalue weighted by Crippen LogP contribution is 2.18. The van der Waals surface area contributed by atoms with Gasteiger partial charge in [0, 0.05) is 11.4 Å². The average molecular weight is 339 g/mol. The minimum atomic E-state index is -0.213. The zero-order valence-corrected chi connectivity index (χ0v) is 14.8. The van der Waals surface area contributed by atoms with E-state index in [-0.39, 0.29) is 19.1 Å². The van der Waals surface area contributed by atoms with E-state index >= 15 is 0 Å². The summed E-state index contributed by atoms with van der Waals surface area (Å²) in [5.74, 6) is 1.68. The van der Waals surface area contributed by atoms with Gasteiger partial charge in [0.25, 0.3) is 11.7 Å². The molecule has 2 heterocycles. The molecule has 1 N–H and O–H groups in total. The molecule has 0 spiro atoms. The Hall–Kier alpha value is -2.96. The van der Waals surface area contributed by atoms with Crippen molar-refractivity contribution in [3.05, 3.63) is 52.6 Å². The van der Waals surface area contributed by atoms with Gasteiger partial charge in [-0.1, -0.05) is 12.1 Å². The van der Waals surface area contributed by atoms with Crippen LogP contribution in [-0.2, 0) is 11.3 Å². The number of aromatic nitrogens is 4. The van der Waals surface area contributed by atoms with Crippen LogP contribution in [0, 0.1) is 27.7 Å². The summed E-state index contributed by atoms with van der Waals surface area (Å²) in [7, 11) is 0. The Morgan fingerprint density at radius 2 is 1.96 bits per heavy atom. The molecule has 0 unspecified atom stereocenters. The Kier molecular flexibility index (Phi) is 4.65. The van der Waals surface area contributed by atoms with E-state index in [2.05, 4.69) is 20.5 Å². The second-order valence-electron chi connectivity index (χ2n) is 6.12. The van der Waals surface area contributed by atoms with Gasteiger partial charge in [-0.25, -0.2) is 4.98 Å². The molecule has 3 aromatic rings. The highest BCUT2D eigenvalue weighted by Gasteiger charge is 2.11. The van der Waals surface area contributed by atoms with Crippen molar-refractivity contribution in [2.24, 2.45) is 0 Å². The number of rotatable bonds is 5. The zero-order valence-electron chi connectivity index (χ0n) is 14.8. The lowest BCUT2D eigenvalue weighted by Crippen LogP contribution is -2.29. The van der Waals surface area contributed by atoms with Gasteiger partial charge < -0.3 is 10.1 Å². The van der Waals surface area contributed by atoms with Crippen LogP contribution in [0.4, 0.5) is 0 Å². The topological polar surface area (TPSA) is 81.4 Å². The minimum Gasteiger partial charge on any atom is -0.483 e. The molecule has 0 saturated heterocycles. The van der Waals surface area contributed by atoms with Gasteiger partial charge in [0.1, 0.15) is 5.75 Å². The minimum absolute atomic E-state index is 0.0443. The smallest absolute Gasteiger partial charge is 0.258 e. The molecule has 0 saturated carbocycles. The molecule has 0 bridgehead atoms. The molecular formula is C18H21N5O2. The molecule has 0 aliphatic heterocycles. The van der Waals surface area contributed by atoms with Crippen LogP contribution < -0.4 is 10.1 Å².